The Morgan fingerprint density at radius 3 is 2.36 bits per heavy atom. The molecule has 0 saturated carbocycles. The minimum Gasteiger partial charge on any atom is -0.598 e. The molecule has 0 heterocycles. The topological polar surface area (TPSA) is 44.3 Å². The summed E-state index contributed by atoms with van der Waals surface area (Å²) in [6.07, 6.45) is -4.42. The Kier molecular flexibility index (Phi) is 6.44. The summed E-state index contributed by atoms with van der Waals surface area (Å²) < 4.78 is 55.5. The minimum absolute atomic E-state index is 0.0353. The van der Waals surface area contributed by atoms with Gasteiger partial charge in [-0.3, -0.25) is 0 Å². The average Bonchev–Trinajstić information content (AvgIpc) is 2.34. The molecule has 0 spiro atoms. The lowest BCUT2D eigenvalue weighted by molar-refractivity contribution is -0.153. The van der Waals surface area contributed by atoms with Crippen LogP contribution in [0, 0.1) is 0 Å². The maximum Gasteiger partial charge on any atom is 0.422 e. The largest absolute Gasteiger partial charge is 0.598 e. The lowest BCUT2D eigenvalue weighted by atomic mass is 10.1. The number of nitrogens with one attached hydrogen (secondary N) is 1. The third-order valence-electron chi connectivity index (χ3n) is 2.69. The molecule has 0 radical (unpaired) electrons. The quantitative estimate of drug-likeness (QED) is 0.795. The van der Waals surface area contributed by atoms with Crippen LogP contribution in [-0.4, -0.2) is 22.1 Å². The normalized spacial score (nSPS) is 15.5. The molecular weight excluding hydrogens is 339 g/mol. The van der Waals surface area contributed by atoms with E-state index in [9.17, 15) is 17.7 Å². The molecule has 0 aliphatic carbocycles. The molecule has 3 nitrogen and oxygen atoms in total. The zero-order valence-electron chi connectivity index (χ0n) is 12.8. The van der Waals surface area contributed by atoms with Crippen molar-refractivity contribution < 1.29 is 22.5 Å². The molecule has 0 aliphatic rings. The molecule has 0 saturated heterocycles. The number of hydrogen-bond acceptors (Lipinski definition) is 3. The van der Waals surface area contributed by atoms with E-state index >= 15 is 0 Å². The van der Waals surface area contributed by atoms with Gasteiger partial charge in [0.15, 0.2) is 6.61 Å². The van der Waals surface area contributed by atoms with E-state index in [-0.39, 0.29) is 16.8 Å². The fourth-order valence-electron chi connectivity index (χ4n) is 1.47. The third kappa shape index (κ3) is 6.24. The van der Waals surface area contributed by atoms with Gasteiger partial charge in [-0.1, -0.05) is 17.7 Å². The van der Waals surface area contributed by atoms with Crippen LogP contribution in [0.4, 0.5) is 13.2 Å². The molecule has 8 heteroatoms. The van der Waals surface area contributed by atoms with E-state index in [1.807, 2.05) is 20.8 Å². The number of hydrogen-bond donors (Lipinski definition) is 1. The highest BCUT2D eigenvalue weighted by Gasteiger charge is 2.30. The van der Waals surface area contributed by atoms with Crippen molar-refractivity contribution in [3.05, 3.63) is 28.8 Å². The van der Waals surface area contributed by atoms with Gasteiger partial charge in [-0.15, -0.1) is 4.72 Å². The van der Waals surface area contributed by atoms with Gasteiger partial charge in [0.25, 0.3) is 0 Å². The Balaban J connectivity index is 2.76. The Morgan fingerprint density at radius 2 is 1.91 bits per heavy atom. The van der Waals surface area contributed by atoms with Gasteiger partial charge in [0.2, 0.25) is 0 Å². The second-order valence-corrected chi connectivity index (χ2v) is 8.22. The fraction of sp³-hybridized carbons (Fsp3) is 0.571. The third-order valence-corrected chi connectivity index (χ3v) is 4.66. The van der Waals surface area contributed by atoms with Gasteiger partial charge in [0.1, 0.15) is 10.5 Å². The highest BCUT2D eigenvalue weighted by Crippen LogP contribution is 2.30. The molecular formula is C14H19ClF3NO2S. The van der Waals surface area contributed by atoms with Crippen LogP contribution < -0.4 is 9.46 Å². The second kappa shape index (κ2) is 7.29. The SMILES string of the molecule is CC(N[S@+]([O-])C(C)(C)C)c1ccc(OCC(F)(F)F)c(Cl)c1. The molecule has 0 aliphatic heterocycles. The van der Waals surface area contributed by atoms with Gasteiger partial charge in [-0.2, -0.15) is 13.2 Å². The van der Waals surface area contributed by atoms with Crippen molar-refractivity contribution in [3.63, 3.8) is 0 Å². The predicted octanol–water partition coefficient (Wildman–Crippen LogP) is 4.39. The maximum absolute atomic E-state index is 12.1. The monoisotopic (exact) mass is 357 g/mol. The first-order valence-corrected chi connectivity index (χ1v) is 8.10. The summed E-state index contributed by atoms with van der Waals surface area (Å²) >= 11 is 4.66. The van der Waals surface area contributed by atoms with E-state index in [4.69, 9.17) is 11.6 Å². The average molecular weight is 358 g/mol. The van der Waals surface area contributed by atoms with E-state index in [0.29, 0.717) is 5.56 Å². The molecule has 0 amide bonds. The van der Waals surface area contributed by atoms with Crippen molar-refractivity contribution in [3.8, 4) is 5.75 Å². The molecule has 22 heavy (non-hydrogen) atoms. The van der Waals surface area contributed by atoms with Gasteiger partial charge < -0.3 is 9.29 Å². The van der Waals surface area contributed by atoms with Gasteiger partial charge in [0, 0.05) is 11.4 Å². The lowest BCUT2D eigenvalue weighted by Crippen LogP contribution is -2.40. The molecule has 1 aromatic carbocycles. The molecule has 1 rings (SSSR count). The van der Waals surface area contributed by atoms with E-state index in [1.165, 1.54) is 12.1 Å². The number of benzene rings is 1. The van der Waals surface area contributed by atoms with Crippen LogP contribution in [0.3, 0.4) is 0 Å². The van der Waals surface area contributed by atoms with Crippen molar-refractivity contribution >= 4 is 23.0 Å². The summed E-state index contributed by atoms with van der Waals surface area (Å²) in [5, 5.41) is 0.0805. The molecule has 0 fully saturated rings. The van der Waals surface area contributed by atoms with Crippen LogP contribution in [0.1, 0.15) is 39.3 Å². The summed E-state index contributed by atoms with van der Waals surface area (Å²) in [7, 11) is 0. The van der Waals surface area contributed by atoms with E-state index in [0.717, 1.165) is 0 Å². The van der Waals surface area contributed by atoms with Gasteiger partial charge in [0.05, 0.1) is 11.1 Å². The van der Waals surface area contributed by atoms with Crippen molar-refractivity contribution in [2.75, 3.05) is 6.61 Å². The van der Waals surface area contributed by atoms with E-state index < -0.39 is 28.9 Å². The molecule has 2 atom stereocenters. The number of alkyl halides is 3. The predicted molar refractivity (Wildman–Crippen MR) is 82.4 cm³/mol. The zero-order chi connectivity index (χ0) is 17.1. The Hall–Kier alpha value is -0.630. The molecule has 1 unspecified atom stereocenters. The molecule has 0 bridgehead atoms. The first-order chi connectivity index (χ1) is 9.90. The summed E-state index contributed by atoms with van der Waals surface area (Å²) in [4.78, 5) is 0. The standard InChI is InChI=1S/C14H19ClF3NO2S/c1-9(19-22(20)13(2,3)4)10-5-6-12(11(15)7-10)21-8-14(16,17)18/h5-7,9,19H,8H2,1-4H3/t9?,22-/m1/s1. The van der Waals surface area contributed by atoms with Crippen LogP contribution in [-0.2, 0) is 11.4 Å². The summed E-state index contributed by atoms with van der Waals surface area (Å²) in [6.45, 7) is 5.91. The van der Waals surface area contributed by atoms with Crippen molar-refractivity contribution in [1.29, 1.82) is 0 Å². The summed E-state index contributed by atoms with van der Waals surface area (Å²) in [5.41, 5.74) is 0.710. The smallest absolute Gasteiger partial charge is 0.422 e. The van der Waals surface area contributed by atoms with Crippen molar-refractivity contribution in [1.82, 2.24) is 4.72 Å². The van der Waals surface area contributed by atoms with Crippen molar-refractivity contribution in [2.24, 2.45) is 0 Å². The number of rotatable bonds is 5. The van der Waals surface area contributed by atoms with E-state index in [2.05, 4.69) is 9.46 Å². The highest BCUT2D eigenvalue weighted by atomic mass is 35.5. The van der Waals surface area contributed by atoms with Gasteiger partial charge in [-0.25, -0.2) is 0 Å². The van der Waals surface area contributed by atoms with Crippen LogP contribution >= 0.6 is 11.6 Å². The minimum atomic E-state index is -4.42. The molecule has 1 aromatic rings. The Labute approximate surface area is 136 Å². The van der Waals surface area contributed by atoms with Crippen molar-refractivity contribution in [2.45, 2.75) is 44.7 Å². The van der Waals surface area contributed by atoms with Gasteiger partial charge >= 0.3 is 6.18 Å². The van der Waals surface area contributed by atoms with Crippen LogP contribution in [0.2, 0.25) is 5.02 Å². The van der Waals surface area contributed by atoms with Gasteiger partial charge in [-0.05, 0) is 45.4 Å². The summed E-state index contributed by atoms with van der Waals surface area (Å²) in [6, 6.07) is 4.20. The van der Waals surface area contributed by atoms with E-state index in [1.54, 1.807) is 13.0 Å². The highest BCUT2D eigenvalue weighted by molar-refractivity contribution is 7.90. The molecule has 126 valence electrons. The first-order valence-electron chi connectivity index (χ1n) is 6.57. The van der Waals surface area contributed by atoms with Crippen LogP contribution in [0.25, 0.3) is 0 Å². The van der Waals surface area contributed by atoms with Crippen LogP contribution in [0.5, 0.6) is 5.75 Å². The molecule has 0 aromatic heterocycles. The lowest BCUT2D eigenvalue weighted by Gasteiger charge is -2.26. The van der Waals surface area contributed by atoms with Crippen LogP contribution in [0.15, 0.2) is 18.2 Å². The maximum atomic E-state index is 12.1. The molecule has 1 N–H and O–H groups in total. The Bertz CT molecular complexity index is 506. The fourth-order valence-corrected chi connectivity index (χ4v) is 2.52. The zero-order valence-corrected chi connectivity index (χ0v) is 14.3. The number of ether oxygens (including phenoxy) is 1. The number of halogens is 4. The second-order valence-electron chi connectivity index (χ2n) is 5.81. The Morgan fingerprint density at radius 1 is 1.32 bits per heavy atom. The first kappa shape index (κ1) is 19.4. The summed E-state index contributed by atoms with van der Waals surface area (Å²) in [5.74, 6) is -0.0353.